The van der Waals surface area contributed by atoms with Crippen LogP contribution in [0.4, 0.5) is 0 Å². The number of hydrogen-bond acceptors (Lipinski definition) is 10. The maximum absolute atomic E-state index is 10.8. The standard InChI is InChI=1S/2C10H12O4.C8H12O4.C6H8O4/c1-3-7-13-9(11)5-6-10(12)14-8-4-2;1-3-5-7(9(11)12)8(6-4-2)10(13)14;1-3-5(7(9)10)6(4-2)8(11)12;1-3(5(7)8)4(2)6(9)10/h3-6H,1-2,7-8H2;3-4H,1-2,5-6H2,(H,11,12)(H,13,14);3-4H2,1-2H3,(H,9,10)(H,11,12);1-2H3,(H,7,8)(H,9,10)/b6-5-;8-7+;6-5-;4-3-. The van der Waals surface area contributed by atoms with Crippen LogP contribution in [0.3, 0.4) is 0 Å². The molecule has 0 aliphatic heterocycles. The largest absolute Gasteiger partial charge is 0.478 e. The first-order valence-electron chi connectivity index (χ1n) is 14.2. The highest BCUT2D eigenvalue weighted by Gasteiger charge is 2.18. The zero-order valence-electron chi connectivity index (χ0n) is 28.3. The van der Waals surface area contributed by atoms with Crippen LogP contribution in [0.1, 0.15) is 53.4 Å². The number of esters is 2. The fourth-order valence-corrected chi connectivity index (χ4v) is 2.79. The van der Waals surface area contributed by atoms with Gasteiger partial charge in [-0.2, -0.15) is 0 Å². The van der Waals surface area contributed by atoms with Crippen LogP contribution < -0.4 is 0 Å². The highest BCUT2D eigenvalue weighted by atomic mass is 16.5. The summed E-state index contributed by atoms with van der Waals surface area (Å²) in [5.74, 6) is -8.36. The molecule has 0 radical (unpaired) electrons. The van der Waals surface area contributed by atoms with Gasteiger partial charge in [-0.05, 0) is 39.5 Å². The van der Waals surface area contributed by atoms with Crippen LogP contribution in [0, 0.1) is 0 Å². The molecule has 16 heteroatoms. The molecule has 0 rings (SSSR count). The number of aliphatic carboxylic acids is 6. The molecule has 0 atom stereocenters. The maximum atomic E-state index is 10.8. The van der Waals surface area contributed by atoms with E-state index in [0.29, 0.717) is 0 Å². The highest BCUT2D eigenvalue weighted by Crippen LogP contribution is 2.15. The topological polar surface area (TPSA) is 276 Å². The lowest BCUT2D eigenvalue weighted by Gasteiger charge is -2.04. The van der Waals surface area contributed by atoms with Gasteiger partial charge in [-0.3, -0.25) is 0 Å². The van der Waals surface area contributed by atoms with Crippen molar-refractivity contribution in [3.8, 4) is 0 Å². The maximum Gasteiger partial charge on any atom is 0.332 e. The molecule has 0 fully saturated rings. The van der Waals surface area contributed by atoms with Gasteiger partial charge in [0.05, 0.1) is 11.1 Å². The molecule has 0 saturated carbocycles. The van der Waals surface area contributed by atoms with E-state index in [9.17, 15) is 38.4 Å². The van der Waals surface area contributed by atoms with Crippen molar-refractivity contribution in [1.82, 2.24) is 0 Å². The Morgan fingerprint density at radius 1 is 0.460 bits per heavy atom. The number of hydrogen-bond donors (Lipinski definition) is 6. The van der Waals surface area contributed by atoms with Gasteiger partial charge in [0.15, 0.2) is 0 Å². The molecule has 0 heterocycles. The monoisotopic (exact) mass is 708 g/mol. The van der Waals surface area contributed by atoms with Gasteiger partial charge < -0.3 is 40.1 Å². The summed E-state index contributed by atoms with van der Waals surface area (Å²) in [4.78, 5) is 84.3. The third-order valence-electron chi connectivity index (χ3n) is 5.41. The van der Waals surface area contributed by atoms with Gasteiger partial charge in [-0.15, -0.1) is 13.2 Å². The molecule has 0 saturated heterocycles. The van der Waals surface area contributed by atoms with Crippen molar-refractivity contribution in [2.45, 2.75) is 53.4 Å². The lowest BCUT2D eigenvalue weighted by atomic mass is 10.0. The number of carbonyl (C=O) groups is 8. The summed E-state index contributed by atoms with van der Waals surface area (Å²) >= 11 is 0. The van der Waals surface area contributed by atoms with Crippen molar-refractivity contribution < 1.29 is 78.5 Å². The lowest BCUT2D eigenvalue weighted by Crippen LogP contribution is -2.10. The second-order valence-corrected chi connectivity index (χ2v) is 8.86. The molecule has 0 bridgehead atoms. The molecule has 0 aliphatic carbocycles. The summed E-state index contributed by atoms with van der Waals surface area (Å²) in [6.07, 6.45) is 8.11. The van der Waals surface area contributed by atoms with E-state index in [4.69, 9.17) is 30.6 Å². The molecular formula is C34H44O16. The van der Waals surface area contributed by atoms with Crippen molar-refractivity contribution in [2.75, 3.05) is 13.2 Å². The SMILES string of the molecule is C/C(C(=O)O)=C(\C)C(=O)O.C=CC/C(C(=O)O)=C(/CC=C)C(=O)O.C=CCOC(=O)/C=C\C(=O)OCC=C.CC/C(C(=O)O)=C(\CC)C(=O)O. The van der Waals surface area contributed by atoms with Crippen molar-refractivity contribution in [3.05, 3.63) is 96.2 Å². The summed E-state index contributed by atoms with van der Waals surface area (Å²) in [5.41, 5.74) is -0.574. The molecule has 0 unspecified atom stereocenters. The van der Waals surface area contributed by atoms with Crippen molar-refractivity contribution >= 4 is 47.8 Å². The fraction of sp³-hybridized carbons (Fsp3) is 0.294. The van der Waals surface area contributed by atoms with Crippen molar-refractivity contribution in [1.29, 1.82) is 0 Å². The Labute approximate surface area is 289 Å². The highest BCUT2D eigenvalue weighted by molar-refractivity contribution is 6.00. The van der Waals surface area contributed by atoms with E-state index in [1.54, 1.807) is 13.8 Å². The number of carboxylic acid groups (broad SMARTS) is 6. The van der Waals surface area contributed by atoms with Crippen LogP contribution in [0.2, 0.25) is 0 Å². The second kappa shape index (κ2) is 30.0. The van der Waals surface area contributed by atoms with Crippen LogP contribution >= 0.6 is 0 Å². The molecule has 0 aliphatic rings. The smallest absolute Gasteiger partial charge is 0.332 e. The quantitative estimate of drug-likeness (QED) is 0.0655. The van der Waals surface area contributed by atoms with Gasteiger partial charge in [0, 0.05) is 34.4 Å². The Hall–Kier alpha value is -6.32. The average Bonchev–Trinajstić information content (AvgIpc) is 3.05. The van der Waals surface area contributed by atoms with Crippen LogP contribution in [-0.2, 0) is 47.8 Å². The van der Waals surface area contributed by atoms with Gasteiger partial charge in [0.2, 0.25) is 0 Å². The Kier molecular flexibility index (Phi) is 30.4. The Balaban J connectivity index is -0.000000284. The van der Waals surface area contributed by atoms with Gasteiger partial charge in [-0.1, -0.05) is 51.3 Å². The van der Waals surface area contributed by atoms with Crippen LogP contribution in [0.15, 0.2) is 96.2 Å². The number of carboxylic acids is 6. The van der Waals surface area contributed by atoms with Gasteiger partial charge in [0.25, 0.3) is 0 Å². The third-order valence-corrected chi connectivity index (χ3v) is 5.41. The minimum absolute atomic E-state index is 0.00926. The van der Waals surface area contributed by atoms with E-state index in [0.717, 1.165) is 12.2 Å². The molecule has 0 aromatic rings. The van der Waals surface area contributed by atoms with E-state index in [1.807, 2.05) is 0 Å². The van der Waals surface area contributed by atoms with Gasteiger partial charge in [-0.25, -0.2) is 38.4 Å². The molecule has 50 heavy (non-hydrogen) atoms. The van der Waals surface area contributed by atoms with Gasteiger partial charge >= 0.3 is 47.8 Å². The van der Waals surface area contributed by atoms with Crippen LogP contribution in [-0.4, -0.2) is 91.6 Å². The minimum atomic E-state index is -1.23. The van der Waals surface area contributed by atoms with E-state index >= 15 is 0 Å². The lowest BCUT2D eigenvalue weighted by molar-refractivity contribution is -0.139. The molecular weight excluding hydrogens is 664 g/mol. The molecule has 0 aromatic heterocycles. The number of allylic oxidation sites excluding steroid dienone is 2. The molecule has 276 valence electrons. The molecule has 0 spiro atoms. The first-order chi connectivity index (χ1) is 23.2. The number of ether oxygens (including phenoxy) is 2. The van der Waals surface area contributed by atoms with E-state index in [-0.39, 0.29) is 72.3 Å². The Bertz CT molecular complexity index is 1300. The predicted octanol–water partition coefficient (Wildman–Crippen LogP) is 4.37. The van der Waals surface area contributed by atoms with Crippen LogP contribution in [0.25, 0.3) is 0 Å². The summed E-state index contributed by atoms with van der Waals surface area (Å²) in [5, 5.41) is 51.3. The minimum Gasteiger partial charge on any atom is -0.478 e. The first-order valence-corrected chi connectivity index (χ1v) is 14.2. The normalized spacial score (nSPS) is 11.2. The molecule has 0 amide bonds. The first kappa shape index (κ1) is 50.5. The van der Waals surface area contributed by atoms with Crippen LogP contribution in [0.5, 0.6) is 0 Å². The van der Waals surface area contributed by atoms with Crippen molar-refractivity contribution in [3.63, 3.8) is 0 Å². The summed E-state index contributed by atoms with van der Waals surface area (Å²) in [6.45, 7) is 19.5. The van der Waals surface area contributed by atoms with E-state index in [2.05, 4.69) is 35.8 Å². The predicted molar refractivity (Wildman–Crippen MR) is 180 cm³/mol. The van der Waals surface area contributed by atoms with Crippen molar-refractivity contribution in [2.24, 2.45) is 0 Å². The Morgan fingerprint density at radius 3 is 0.880 bits per heavy atom. The fourth-order valence-electron chi connectivity index (χ4n) is 2.79. The number of carbonyl (C=O) groups excluding carboxylic acids is 2. The van der Waals surface area contributed by atoms with E-state index in [1.165, 1.54) is 38.2 Å². The molecule has 6 N–H and O–H groups in total. The molecule has 0 aromatic carbocycles. The summed E-state index contributed by atoms with van der Waals surface area (Å²) in [6, 6.07) is 0. The van der Waals surface area contributed by atoms with Gasteiger partial charge in [0.1, 0.15) is 13.2 Å². The zero-order chi connectivity index (χ0) is 40.0. The Morgan fingerprint density at radius 2 is 0.720 bits per heavy atom. The summed E-state index contributed by atoms with van der Waals surface area (Å²) in [7, 11) is 0. The zero-order valence-corrected chi connectivity index (χ0v) is 28.3. The van der Waals surface area contributed by atoms with E-state index < -0.39 is 47.8 Å². The summed E-state index contributed by atoms with van der Waals surface area (Å²) < 4.78 is 9.15. The average molecular weight is 709 g/mol. The number of rotatable bonds is 18. The third kappa shape index (κ3) is 24.9. The molecule has 16 nitrogen and oxygen atoms in total. The second-order valence-electron chi connectivity index (χ2n) is 8.86.